The van der Waals surface area contributed by atoms with Crippen LogP contribution in [0.2, 0.25) is 0 Å². The average Bonchev–Trinajstić information content (AvgIpc) is 2.66. The minimum absolute atomic E-state index is 0.0304. The lowest BCUT2D eigenvalue weighted by molar-refractivity contribution is 1.27. The summed E-state index contributed by atoms with van der Waals surface area (Å²) in [7, 11) is 0. The molecule has 3 nitrogen and oxygen atoms in total. The molecule has 0 amide bonds. The summed E-state index contributed by atoms with van der Waals surface area (Å²) in [5, 5.41) is 1.76. The molecule has 1 N–H and O–H groups in total. The van der Waals surface area contributed by atoms with E-state index in [1.54, 1.807) is 6.20 Å². The molecule has 0 saturated heterocycles. The first-order valence-corrected chi connectivity index (χ1v) is 4.52. The van der Waals surface area contributed by atoms with Gasteiger partial charge in [0, 0.05) is 24.2 Å². The van der Waals surface area contributed by atoms with Gasteiger partial charge in [0.05, 0.1) is 5.69 Å². The molecule has 1 aliphatic rings. The molecule has 0 saturated carbocycles. The van der Waals surface area contributed by atoms with E-state index in [-0.39, 0.29) is 5.56 Å². The second-order valence-electron chi connectivity index (χ2n) is 3.35. The van der Waals surface area contributed by atoms with Gasteiger partial charge in [-0.05, 0) is 29.1 Å². The number of aliphatic imine (C=N–C) groups is 1. The zero-order chi connectivity index (χ0) is 9.54. The molecular weight excluding hydrogens is 176 g/mol. The van der Waals surface area contributed by atoms with Gasteiger partial charge >= 0.3 is 0 Å². The Morgan fingerprint density at radius 1 is 1.21 bits per heavy atom. The summed E-state index contributed by atoms with van der Waals surface area (Å²) in [4.78, 5) is 18.4. The van der Waals surface area contributed by atoms with Gasteiger partial charge in [0.15, 0.2) is 0 Å². The van der Waals surface area contributed by atoms with Gasteiger partial charge in [0.25, 0.3) is 5.56 Å². The van der Waals surface area contributed by atoms with Crippen molar-refractivity contribution in [2.24, 2.45) is 4.99 Å². The topological polar surface area (TPSA) is 45.2 Å². The largest absolute Gasteiger partial charge is 0.329 e. The van der Waals surface area contributed by atoms with E-state index in [0.29, 0.717) is 0 Å². The zero-order valence-electron chi connectivity index (χ0n) is 7.45. The highest BCUT2D eigenvalue weighted by molar-refractivity contribution is 5.94. The van der Waals surface area contributed by atoms with Crippen LogP contribution in [0.4, 0.5) is 5.69 Å². The van der Waals surface area contributed by atoms with Gasteiger partial charge in [-0.3, -0.25) is 9.79 Å². The third-order valence-electron chi connectivity index (χ3n) is 2.57. The number of pyridine rings is 1. The molecule has 0 spiro atoms. The Labute approximate surface area is 80.1 Å². The number of hydrogen-bond acceptors (Lipinski definition) is 2. The van der Waals surface area contributed by atoms with Crippen molar-refractivity contribution in [3.8, 4) is 0 Å². The molecule has 2 aromatic rings. The maximum atomic E-state index is 11.5. The summed E-state index contributed by atoms with van der Waals surface area (Å²) >= 11 is 0. The summed E-state index contributed by atoms with van der Waals surface area (Å²) in [5.74, 6) is 0. The van der Waals surface area contributed by atoms with Gasteiger partial charge in [-0.1, -0.05) is 0 Å². The molecule has 68 valence electrons. The van der Waals surface area contributed by atoms with Crippen molar-refractivity contribution < 1.29 is 0 Å². The van der Waals surface area contributed by atoms with Crippen LogP contribution in [0.5, 0.6) is 0 Å². The molecule has 1 aromatic heterocycles. The Bertz CT molecular complexity index is 596. The van der Waals surface area contributed by atoms with Gasteiger partial charge in [0.1, 0.15) is 0 Å². The Morgan fingerprint density at radius 2 is 2.14 bits per heavy atom. The second-order valence-corrected chi connectivity index (χ2v) is 3.35. The Balaban J connectivity index is 2.53. The van der Waals surface area contributed by atoms with Crippen molar-refractivity contribution in [3.05, 3.63) is 40.3 Å². The standard InChI is InChI=1S/C11H8N2O/c14-11-9-1-2-10-8(4-5-12-10)7(9)3-6-13-11/h1-3,5-6H,4H2,(H,13,14). The fourth-order valence-corrected chi connectivity index (χ4v) is 1.89. The Morgan fingerprint density at radius 3 is 3.07 bits per heavy atom. The molecular formula is C11H8N2O. The van der Waals surface area contributed by atoms with Crippen LogP contribution in [0.15, 0.2) is 34.2 Å². The van der Waals surface area contributed by atoms with Crippen LogP contribution in [-0.4, -0.2) is 11.2 Å². The van der Waals surface area contributed by atoms with E-state index in [2.05, 4.69) is 9.98 Å². The Hall–Kier alpha value is -1.90. The smallest absolute Gasteiger partial charge is 0.255 e. The highest BCUT2D eigenvalue weighted by atomic mass is 16.1. The Kier molecular flexibility index (Phi) is 1.36. The molecule has 3 rings (SSSR count). The number of aromatic nitrogens is 1. The van der Waals surface area contributed by atoms with Crippen LogP contribution < -0.4 is 5.56 Å². The van der Waals surface area contributed by atoms with Crippen LogP contribution >= 0.6 is 0 Å². The molecule has 3 heteroatoms. The monoisotopic (exact) mass is 184 g/mol. The SMILES string of the molecule is O=c1[nH]ccc2c3c(ccc12)N=CC3. The summed E-state index contributed by atoms with van der Waals surface area (Å²) in [6.45, 7) is 0. The quantitative estimate of drug-likeness (QED) is 0.666. The summed E-state index contributed by atoms with van der Waals surface area (Å²) in [6, 6.07) is 5.66. The van der Waals surface area contributed by atoms with Gasteiger partial charge in [-0.15, -0.1) is 0 Å². The van der Waals surface area contributed by atoms with E-state index >= 15 is 0 Å². The number of fused-ring (bicyclic) bond motifs is 3. The van der Waals surface area contributed by atoms with E-state index in [1.165, 1.54) is 0 Å². The number of rotatable bonds is 0. The van der Waals surface area contributed by atoms with Crippen molar-refractivity contribution in [2.45, 2.75) is 6.42 Å². The lowest BCUT2D eigenvalue weighted by atomic mass is 10.0. The van der Waals surface area contributed by atoms with Gasteiger partial charge in [-0.2, -0.15) is 0 Å². The van der Waals surface area contributed by atoms with E-state index in [4.69, 9.17) is 0 Å². The second kappa shape index (κ2) is 2.54. The van der Waals surface area contributed by atoms with Crippen LogP contribution in [0.3, 0.4) is 0 Å². The fraction of sp³-hybridized carbons (Fsp3) is 0.0909. The van der Waals surface area contributed by atoms with Crippen molar-refractivity contribution in [1.29, 1.82) is 0 Å². The van der Waals surface area contributed by atoms with Crippen molar-refractivity contribution >= 4 is 22.7 Å². The highest BCUT2D eigenvalue weighted by Gasteiger charge is 2.11. The zero-order valence-corrected chi connectivity index (χ0v) is 7.45. The van der Waals surface area contributed by atoms with Gasteiger partial charge in [0.2, 0.25) is 0 Å². The first kappa shape index (κ1) is 7.50. The van der Waals surface area contributed by atoms with Gasteiger partial charge in [-0.25, -0.2) is 0 Å². The molecule has 14 heavy (non-hydrogen) atoms. The first-order chi connectivity index (χ1) is 6.86. The molecule has 0 radical (unpaired) electrons. The van der Waals surface area contributed by atoms with Crippen molar-refractivity contribution in [2.75, 3.05) is 0 Å². The summed E-state index contributed by atoms with van der Waals surface area (Å²) < 4.78 is 0. The van der Waals surface area contributed by atoms with Crippen molar-refractivity contribution in [1.82, 2.24) is 4.98 Å². The number of nitrogens with zero attached hydrogens (tertiary/aromatic N) is 1. The average molecular weight is 184 g/mol. The lowest BCUT2D eigenvalue weighted by Crippen LogP contribution is -2.04. The number of nitrogens with one attached hydrogen (secondary N) is 1. The molecule has 0 fully saturated rings. The van der Waals surface area contributed by atoms with E-state index in [1.807, 2.05) is 24.4 Å². The normalized spacial score (nSPS) is 13.4. The number of H-pyrrole nitrogens is 1. The molecule has 2 heterocycles. The summed E-state index contributed by atoms with van der Waals surface area (Å²) in [6.07, 6.45) is 4.39. The predicted molar refractivity (Wildman–Crippen MR) is 56.4 cm³/mol. The van der Waals surface area contributed by atoms with Crippen LogP contribution in [-0.2, 0) is 6.42 Å². The predicted octanol–water partition coefficient (Wildman–Crippen LogP) is 1.79. The third-order valence-corrected chi connectivity index (χ3v) is 2.57. The minimum atomic E-state index is -0.0304. The van der Waals surface area contributed by atoms with E-state index in [9.17, 15) is 4.79 Å². The molecule has 1 aliphatic heterocycles. The molecule has 1 aromatic carbocycles. The van der Waals surface area contributed by atoms with Crippen LogP contribution in [0, 0.1) is 0 Å². The number of benzene rings is 1. The maximum Gasteiger partial charge on any atom is 0.255 e. The van der Waals surface area contributed by atoms with E-state index in [0.717, 1.165) is 28.4 Å². The van der Waals surface area contributed by atoms with Crippen LogP contribution in [0.1, 0.15) is 5.56 Å². The van der Waals surface area contributed by atoms with Crippen LogP contribution in [0.25, 0.3) is 10.8 Å². The number of aromatic amines is 1. The highest BCUT2D eigenvalue weighted by Crippen LogP contribution is 2.29. The third kappa shape index (κ3) is 0.865. The maximum absolute atomic E-state index is 11.5. The minimum Gasteiger partial charge on any atom is -0.329 e. The molecule has 0 unspecified atom stereocenters. The van der Waals surface area contributed by atoms with E-state index < -0.39 is 0 Å². The molecule has 0 bridgehead atoms. The fourth-order valence-electron chi connectivity index (χ4n) is 1.89. The lowest BCUT2D eigenvalue weighted by Gasteiger charge is -2.02. The first-order valence-electron chi connectivity index (χ1n) is 4.52. The number of hydrogen-bond donors (Lipinski definition) is 1. The molecule has 0 atom stereocenters. The van der Waals surface area contributed by atoms with Gasteiger partial charge < -0.3 is 4.98 Å². The summed E-state index contributed by atoms with van der Waals surface area (Å²) in [5.41, 5.74) is 2.12. The molecule has 0 aliphatic carbocycles. The van der Waals surface area contributed by atoms with Crippen molar-refractivity contribution in [3.63, 3.8) is 0 Å².